The number of alkyl halides is 6. The summed E-state index contributed by atoms with van der Waals surface area (Å²) in [5, 5.41) is 3.19. The molecule has 2 aromatic rings. The third-order valence-corrected chi connectivity index (χ3v) is 4.05. The Kier molecular flexibility index (Phi) is 6.70. The summed E-state index contributed by atoms with van der Waals surface area (Å²) in [6.45, 7) is 0.172. The second kappa shape index (κ2) is 9.31. The van der Waals surface area contributed by atoms with Crippen LogP contribution >= 0.6 is 0 Å². The van der Waals surface area contributed by atoms with Crippen molar-refractivity contribution in [3.8, 4) is 17.7 Å². The monoisotopic (exact) mass is 473 g/mol. The second-order valence-corrected chi connectivity index (χ2v) is 6.74. The fourth-order valence-electron chi connectivity index (χ4n) is 2.25. The first-order chi connectivity index (χ1) is 15.4. The van der Waals surface area contributed by atoms with E-state index in [9.17, 15) is 35.9 Å². The average molecular weight is 473 g/mol. The normalized spacial score (nSPS) is 13.5. The van der Waals surface area contributed by atoms with Gasteiger partial charge >= 0.3 is 24.2 Å². The Morgan fingerprint density at radius 2 is 1.67 bits per heavy atom. The van der Waals surface area contributed by atoms with Gasteiger partial charge in [-0.15, -0.1) is 0 Å². The minimum Gasteiger partial charge on any atom is -0.476 e. The van der Waals surface area contributed by atoms with Crippen molar-refractivity contribution in [3.63, 3.8) is 0 Å². The molecule has 0 unspecified atom stereocenters. The molecule has 3 rings (SSSR count). The zero-order valence-electron chi connectivity index (χ0n) is 16.3. The van der Waals surface area contributed by atoms with Crippen LogP contribution < -0.4 is 15.4 Å². The van der Waals surface area contributed by atoms with Crippen molar-refractivity contribution in [2.24, 2.45) is 5.92 Å². The minimum atomic E-state index is -5.20. The van der Waals surface area contributed by atoms with Crippen LogP contribution in [0.5, 0.6) is 5.88 Å². The molecule has 1 aliphatic rings. The zero-order chi connectivity index (χ0) is 24.2. The van der Waals surface area contributed by atoms with Gasteiger partial charge in [-0.1, -0.05) is 5.92 Å². The zero-order valence-corrected chi connectivity index (χ0v) is 16.3. The summed E-state index contributed by atoms with van der Waals surface area (Å²) in [5.41, 5.74) is -0.784. The van der Waals surface area contributed by atoms with Crippen molar-refractivity contribution >= 4 is 23.3 Å². The Balaban J connectivity index is 1.89. The van der Waals surface area contributed by atoms with E-state index in [0.29, 0.717) is 0 Å². The number of pyridine rings is 1. The van der Waals surface area contributed by atoms with E-state index in [1.165, 1.54) is 6.07 Å². The largest absolute Gasteiger partial charge is 0.476 e. The predicted octanol–water partition coefficient (Wildman–Crippen LogP) is 3.06. The van der Waals surface area contributed by atoms with Crippen molar-refractivity contribution in [1.82, 2.24) is 15.0 Å². The van der Waals surface area contributed by atoms with E-state index in [0.717, 1.165) is 31.4 Å². The summed E-state index contributed by atoms with van der Waals surface area (Å²) < 4.78 is 80.8. The Bertz CT molecular complexity index is 1120. The molecule has 1 saturated carbocycles. The van der Waals surface area contributed by atoms with Crippen molar-refractivity contribution in [2.75, 3.05) is 17.2 Å². The Morgan fingerprint density at radius 1 is 1.00 bits per heavy atom. The smallest absolute Gasteiger partial charge is 0.471 e. The van der Waals surface area contributed by atoms with Crippen LogP contribution in [-0.2, 0) is 9.59 Å². The quantitative estimate of drug-likeness (QED) is 0.511. The number of nitrogens with one attached hydrogen (secondary N) is 2. The van der Waals surface area contributed by atoms with E-state index in [-0.39, 0.29) is 29.7 Å². The molecule has 1 fully saturated rings. The fourth-order valence-corrected chi connectivity index (χ4v) is 2.25. The highest BCUT2D eigenvalue weighted by molar-refractivity contribution is 5.97. The molecule has 0 atom stereocenters. The van der Waals surface area contributed by atoms with E-state index >= 15 is 0 Å². The molecule has 0 radical (unpaired) electrons. The lowest BCUT2D eigenvalue weighted by molar-refractivity contribution is -0.167. The van der Waals surface area contributed by atoms with Crippen LogP contribution in [-0.4, -0.2) is 45.7 Å². The Hall–Kier alpha value is -3.89. The van der Waals surface area contributed by atoms with Gasteiger partial charge in [-0.2, -0.15) is 31.3 Å². The molecule has 8 nitrogen and oxygen atoms in total. The number of carbonyl (C=O) groups excluding carboxylic acids is 2. The number of hydrogen-bond acceptors (Lipinski definition) is 6. The Labute approximate surface area is 181 Å². The molecule has 33 heavy (non-hydrogen) atoms. The van der Waals surface area contributed by atoms with Gasteiger partial charge in [0.05, 0.1) is 6.61 Å². The van der Waals surface area contributed by atoms with E-state index < -0.39 is 35.7 Å². The van der Waals surface area contributed by atoms with Gasteiger partial charge in [0.15, 0.2) is 0 Å². The van der Waals surface area contributed by atoms with E-state index in [1.54, 1.807) is 10.6 Å². The number of carbonyl (C=O) groups is 2. The molecule has 2 N–H and O–H groups in total. The molecule has 1 aliphatic carbocycles. The van der Waals surface area contributed by atoms with E-state index in [4.69, 9.17) is 4.74 Å². The van der Waals surface area contributed by atoms with Gasteiger partial charge in [-0.25, -0.2) is 9.97 Å². The van der Waals surface area contributed by atoms with Crippen LogP contribution in [0.15, 0.2) is 24.7 Å². The van der Waals surface area contributed by atoms with Crippen molar-refractivity contribution in [1.29, 1.82) is 0 Å². The van der Waals surface area contributed by atoms with Crippen LogP contribution in [0.3, 0.4) is 0 Å². The molecule has 0 bridgehead atoms. The van der Waals surface area contributed by atoms with Gasteiger partial charge in [0.2, 0.25) is 5.88 Å². The number of halogens is 6. The number of ether oxygens (including phenoxy) is 1. The molecule has 0 aromatic carbocycles. The summed E-state index contributed by atoms with van der Waals surface area (Å²) >= 11 is 0. The minimum absolute atomic E-state index is 0.0506. The molecule has 2 heterocycles. The molecule has 2 aromatic heterocycles. The average Bonchev–Trinajstić information content (AvgIpc) is 3.55. The molecule has 2 amide bonds. The van der Waals surface area contributed by atoms with Crippen molar-refractivity contribution in [2.45, 2.75) is 25.2 Å². The topological polar surface area (TPSA) is 106 Å². The van der Waals surface area contributed by atoms with Crippen LogP contribution in [0.1, 0.15) is 24.1 Å². The van der Waals surface area contributed by atoms with Gasteiger partial charge in [0, 0.05) is 11.8 Å². The predicted molar refractivity (Wildman–Crippen MR) is 99.8 cm³/mol. The third kappa shape index (κ3) is 6.79. The van der Waals surface area contributed by atoms with Crippen molar-refractivity contribution in [3.05, 3.63) is 35.9 Å². The number of nitrogens with zero attached hydrogens (tertiary/aromatic N) is 3. The van der Waals surface area contributed by atoms with E-state index in [1.807, 2.05) is 0 Å². The van der Waals surface area contributed by atoms with Crippen LogP contribution in [0.2, 0.25) is 0 Å². The lowest BCUT2D eigenvalue weighted by Gasteiger charge is -2.13. The molecule has 0 spiro atoms. The number of rotatable bonds is 5. The maximum atomic E-state index is 12.8. The van der Waals surface area contributed by atoms with Gasteiger partial charge in [-0.05, 0) is 36.8 Å². The van der Waals surface area contributed by atoms with Crippen LogP contribution in [0.4, 0.5) is 37.8 Å². The summed E-state index contributed by atoms with van der Waals surface area (Å²) in [5.74, 6) is -0.196. The SMILES string of the molecule is O=C(Nc1cc(C#Cc2ncnc(OCC3CC3)c2NC(=O)C(F)(F)F)ccn1)C(F)(F)F. The second-order valence-electron chi connectivity index (χ2n) is 6.74. The summed E-state index contributed by atoms with van der Waals surface area (Å²) in [7, 11) is 0. The first kappa shape index (κ1) is 23.8. The highest BCUT2D eigenvalue weighted by atomic mass is 19.4. The lowest BCUT2D eigenvalue weighted by Crippen LogP contribution is -2.30. The highest BCUT2D eigenvalue weighted by Gasteiger charge is 2.40. The summed E-state index contributed by atoms with van der Waals surface area (Å²) in [6.07, 6.45) is -6.53. The standard InChI is InChI=1S/C19H13F6N5O3/c20-18(21,22)16(31)29-13-7-10(5-6-26-13)3-4-12-14(30-17(32)19(23,24)25)15(28-9-27-12)33-8-11-1-2-11/h5-7,9,11H,1-2,8H2,(H,30,32)(H,26,29,31). The van der Waals surface area contributed by atoms with Gasteiger partial charge in [0.25, 0.3) is 0 Å². The maximum absolute atomic E-state index is 12.8. The van der Waals surface area contributed by atoms with Crippen LogP contribution in [0.25, 0.3) is 0 Å². The number of amides is 2. The summed E-state index contributed by atoms with van der Waals surface area (Å²) in [6, 6.07) is 2.28. The third-order valence-electron chi connectivity index (χ3n) is 4.05. The fraction of sp³-hybridized carbons (Fsp3) is 0.316. The first-order valence-corrected chi connectivity index (χ1v) is 9.15. The van der Waals surface area contributed by atoms with Crippen molar-refractivity contribution < 1.29 is 40.7 Å². The molecule has 0 saturated heterocycles. The molecule has 174 valence electrons. The van der Waals surface area contributed by atoms with E-state index in [2.05, 4.69) is 26.8 Å². The van der Waals surface area contributed by atoms with Gasteiger partial charge < -0.3 is 15.4 Å². The number of hydrogen-bond donors (Lipinski definition) is 2. The Morgan fingerprint density at radius 3 is 2.30 bits per heavy atom. The molecular weight excluding hydrogens is 460 g/mol. The number of aromatic nitrogens is 3. The highest BCUT2D eigenvalue weighted by Crippen LogP contribution is 2.32. The summed E-state index contributed by atoms with van der Waals surface area (Å²) in [4.78, 5) is 33.6. The van der Waals surface area contributed by atoms with Gasteiger partial charge in [-0.3, -0.25) is 9.59 Å². The molecule has 0 aliphatic heterocycles. The first-order valence-electron chi connectivity index (χ1n) is 9.15. The molecule has 14 heteroatoms. The maximum Gasteiger partial charge on any atom is 0.471 e. The van der Waals surface area contributed by atoms with Crippen LogP contribution in [0, 0.1) is 17.8 Å². The van der Waals surface area contributed by atoms with Gasteiger partial charge in [0.1, 0.15) is 23.5 Å². The molecular formula is C19H13F6N5O3. The lowest BCUT2D eigenvalue weighted by atomic mass is 10.2. The number of anilines is 2.